The molecule has 25 heavy (non-hydrogen) atoms. The molecule has 0 saturated heterocycles. The van der Waals surface area contributed by atoms with Crippen molar-refractivity contribution in [3.8, 4) is 11.4 Å². The molecule has 1 aromatic heterocycles. The highest BCUT2D eigenvalue weighted by molar-refractivity contribution is 14.1. The number of tetrazole rings is 1. The van der Waals surface area contributed by atoms with Crippen molar-refractivity contribution in [1.82, 2.24) is 20.2 Å². The number of para-hydroxylation sites is 3. The van der Waals surface area contributed by atoms with Gasteiger partial charge in [-0.3, -0.25) is 4.79 Å². The first-order valence-electron chi connectivity index (χ1n) is 7.28. The van der Waals surface area contributed by atoms with Gasteiger partial charge in [-0.1, -0.05) is 36.0 Å². The van der Waals surface area contributed by atoms with E-state index in [-0.39, 0.29) is 11.7 Å². The van der Waals surface area contributed by atoms with Crippen LogP contribution in [-0.2, 0) is 4.79 Å². The molecule has 3 aromatic rings. The molecule has 3 rings (SSSR count). The summed E-state index contributed by atoms with van der Waals surface area (Å²) < 4.78 is 7.88. The monoisotopic (exact) mass is 467 g/mol. The molecule has 0 aliphatic rings. The fourth-order valence-electron chi connectivity index (χ4n) is 2.10. The summed E-state index contributed by atoms with van der Waals surface area (Å²) in [4.78, 5) is 12.2. The molecule has 128 valence electrons. The van der Waals surface area contributed by atoms with Crippen molar-refractivity contribution >= 4 is 45.9 Å². The van der Waals surface area contributed by atoms with Gasteiger partial charge in [-0.25, -0.2) is 0 Å². The quantitative estimate of drug-likeness (QED) is 0.444. The number of amides is 1. The van der Waals surface area contributed by atoms with E-state index in [1.54, 1.807) is 11.8 Å². The van der Waals surface area contributed by atoms with Gasteiger partial charge in [0.2, 0.25) is 11.1 Å². The Morgan fingerprint density at radius 2 is 2.00 bits per heavy atom. The van der Waals surface area contributed by atoms with E-state index in [0.29, 0.717) is 10.9 Å². The number of carbonyl (C=O) groups excluding carboxylic acids is 1. The summed E-state index contributed by atoms with van der Waals surface area (Å²) in [5, 5.41) is 15.1. The number of hydrogen-bond donors (Lipinski definition) is 1. The van der Waals surface area contributed by atoms with Crippen molar-refractivity contribution in [2.24, 2.45) is 0 Å². The first-order chi connectivity index (χ1) is 12.2. The average Bonchev–Trinajstić information content (AvgIpc) is 3.10. The minimum Gasteiger partial charge on any atom is -0.494 e. The summed E-state index contributed by atoms with van der Waals surface area (Å²) in [5.74, 6) is 0.726. The first-order valence-corrected chi connectivity index (χ1v) is 9.34. The van der Waals surface area contributed by atoms with Crippen LogP contribution in [0.15, 0.2) is 53.7 Å². The molecule has 1 heterocycles. The fraction of sp³-hybridized carbons (Fsp3) is 0.125. The third-order valence-corrected chi connectivity index (χ3v) is 5.09. The summed E-state index contributed by atoms with van der Waals surface area (Å²) >= 11 is 3.44. The van der Waals surface area contributed by atoms with Gasteiger partial charge in [0.15, 0.2) is 0 Å². The molecule has 0 spiro atoms. The third-order valence-electron chi connectivity index (χ3n) is 3.23. The van der Waals surface area contributed by atoms with Crippen LogP contribution in [0.4, 0.5) is 5.69 Å². The second-order valence-electron chi connectivity index (χ2n) is 4.86. The van der Waals surface area contributed by atoms with Gasteiger partial charge in [0.25, 0.3) is 0 Å². The first kappa shape index (κ1) is 17.7. The predicted molar refractivity (Wildman–Crippen MR) is 104 cm³/mol. The minimum atomic E-state index is -0.122. The lowest BCUT2D eigenvalue weighted by Gasteiger charge is -2.09. The van der Waals surface area contributed by atoms with Crippen molar-refractivity contribution in [1.29, 1.82) is 0 Å². The average molecular weight is 467 g/mol. The molecule has 0 aliphatic carbocycles. The van der Waals surface area contributed by atoms with Crippen LogP contribution in [0, 0.1) is 3.57 Å². The fourth-order valence-corrected chi connectivity index (χ4v) is 3.31. The third kappa shape index (κ3) is 4.28. The summed E-state index contributed by atoms with van der Waals surface area (Å²) in [5.41, 5.74) is 1.51. The Morgan fingerprint density at radius 1 is 1.24 bits per heavy atom. The number of anilines is 1. The van der Waals surface area contributed by atoms with E-state index in [0.717, 1.165) is 14.9 Å². The van der Waals surface area contributed by atoms with E-state index in [2.05, 4.69) is 43.4 Å². The molecule has 0 unspecified atom stereocenters. The number of nitrogens with one attached hydrogen (secondary N) is 1. The van der Waals surface area contributed by atoms with Gasteiger partial charge in [-0.15, -0.1) is 5.10 Å². The number of aromatic nitrogens is 4. The molecular weight excluding hydrogens is 453 g/mol. The van der Waals surface area contributed by atoms with E-state index < -0.39 is 0 Å². The number of carbonyl (C=O) groups is 1. The Kier molecular flexibility index (Phi) is 5.87. The van der Waals surface area contributed by atoms with E-state index >= 15 is 0 Å². The Hall–Kier alpha value is -2.14. The van der Waals surface area contributed by atoms with Crippen LogP contribution in [0.5, 0.6) is 5.75 Å². The second-order valence-corrected chi connectivity index (χ2v) is 6.97. The summed E-state index contributed by atoms with van der Waals surface area (Å²) in [6.45, 7) is 0. The Labute approximate surface area is 162 Å². The number of rotatable bonds is 6. The maximum Gasteiger partial charge on any atom is 0.234 e. The van der Waals surface area contributed by atoms with E-state index in [4.69, 9.17) is 4.74 Å². The number of ether oxygens (including phenoxy) is 1. The number of halogens is 1. The molecule has 0 aliphatic heterocycles. The lowest BCUT2D eigenvalue weighted by molar-refractivity contribution is -0.113. The van der Waals surface area contributed by atoms with Crippen molar-refractivity contribution in [2.45, 2.75) is 5.16 Å². The van der Waals surface area contributed by atoms with Crippen LogP contribution in [0.25, 0.3) is 5.69 Å². The van der Waals surface area contributed by atoms with Crippen LogP contribution < -0.4 is 10.1 Å². The molecule has 0 fully saturated rings. The Bertz CT molecular complexity index is 886. The molecule has 0 atom stereocenters. The van der Waals surface area contributed by atoms with Crippen molar-refractivity contribution in [2.75, 3.05) is 18.2 Å². The minimum absolute atomic E-state index is 0.122. The topological polar surface area (TPSA) is 81.9 Å². The summed E-state index contributed by atoms with van der Waals surface area (Å²) in [7, 11) is 1.59. The molecule has 1 amide bonds. The normalized spacial score (nSPS) is 10.5. The number of hydrogen-bond acceptors (Lipinski definition) is 6. The highest BCUT2D eigenvalue weighted by Gasteiger charge is 2.14. The van der Waals surface area contributed by atoms with Gasteiger partial charge in [0.1, 0.15) is 11.4 Å². The van der Waals surface area contributed by atoms with Crippen LogP contribution in [0.3, 0.4) is 0 Å². The maximum atomic E-state index is 12.2. The van der Waals surface area contributed by atoms with E-state index in [1.165, 1.54) is 11.8 Å². The van der Waals surface area contributed by atoms with Crippen LogP contribution in [0.1, 0.15) is 0 Å². The standard InChI is InChI=1S/C16H14IN5O2S/c1-24-14-9-5-4-8-13(14)22-16(19-20-21-22)25-10-15(23)18-12-7-3-2-6-11(12)17/h2-9H,10H2,1H3,(H,18,23). The zero-order chi connectivity index (χ0) is 17.6. The number of benzene rings is 2. The summed E-state index contributed by atoms with van der Waals surface area (Å²) in [6, 6.07) is 15.0. The Balaban J connectivity index is 1.70. The van der Waals surface area contributed by atoms with Gasteiger partial charge in [-0.2, -0.15) is 4.68 Å². The van der Waals surface area contributed by atoms with Crippen molar-refractivity contribution in [3.05, 3.63) is 52.1 Å². The van der Waals surface area contributed by atoms with E-state index in [9.17, 15) is 4.79 Å². The molecule has 0 saturated carbocycles. The van der Waals surface area contributed by atoms with Gasteiger partial charge >= 0.3 is 0 Å². The van der Waals surface area contributed by atoms with Crippen LogP contribution in [-0.4, -0.2) is 39.0 Å². The highest BCUT2D eigenvalue weighted by Crippen LogP contribution is 2.25. The van der Waals surface area contributed by atoms with Crippen LogP contribution in [0.2, 0.25) is 0 Å². The second kappa shape index (κ2) is 8.30. The van der Waals surface area contributed by atoms with Gasteiger partial charge < -0.3 is 10.1 Å². The molecular formula is C16H14IN5O2S. The molecule has 0 bridgehead atoms. The van der Waals surface area contributed by atoms with E-state index in [1.807, 2.05) is 48.5 Å². The Morgan fingerprint density at radius 3 is 2.80 bits per heavy atom. The molecule has 9 heteroatoms. The molecule has 2 aromatic carbocycles. The van der Waals surface area contributed by atoms with Crippen molar-refractivity contribution in [3.63, 3.8) is 0 Å². The lowest BCUT2D eigenvalue weighted by atomic mass is 10.3. The molecule has 7 nitrogen and oxygen atoms in total. The van der Waals surface area contributed by atoms with Crippen LogP contribution >= 0.6 is 34.4 Å². The number of methoxy groups -OCH3 is 1. The maximum absolute atomic E-state index is 12.2. The molecule has 0 radical (unpaired) electrons. The van der Waals surface area contributed by atoms with Gasteiger partial charge in [0.05, 0.1) is 18.6 Å². The number of thioether (sulfide) groups is 1. The number of nitrogens with zero attached hydrogens (tertiary/aromatic N) is 4. The zero-order valence-electron chi connectivity index (χ0n) is 13.2. The summed E-state index contributed by atoms with van der Waals surface area (Å²) in [6.07, 6.45) is 0. The SMILES string of the molecule is COc1ccccc1-n1nnnc1SCC(=O)Nc1ccccc1I. The smallest absolute Gasteiger partial charge is 0.234 e. The van der Waals surface area contributed by atoms with Gasteiger partial charge in [0, 0.05) is 3.57 Å². The van der Waals surface area contributed by atoms with Crippen molar-refractivity contribution < 1.29 is 9.53 Å². The lowest BCUT2D eigenvalue weighted by Crippen LogP contribution is -2.15. The predicted octanol–water partition coefficient (Wildman–Crippen LogP) is 3.01. The molecule has 1 N–H and O–H groups in total. The largest absolute Gasteiger partial charge is 0.494 e. The highest BCUT2D eigenvalue weighted by atomic mass is 127. The van der Waals surface area contributed by atoms with Gasteiger partial charge in [-0.05, 0) is 57.3 Å². The zero-order valence-corrected chi connectivity index (χ0v) is 16.2.